The van der Waals surface area contributed by atoms with Crippen LogP contribution in [0.4, 0.5) is 0 Å². The van der Waals surface area contributed by atoms with E-state index in [4.69, 9.17) is 0 Å². The fourth-order valence-electron chi connectivity index (χ4n) is 5.01. The van der Waals surface area contributed by atoms with Crippen LogP contribution in [0.2, 0.25) is 0 Å². The molecule has 0 saturated heterocycles. The van der Waals surface area contributed by atoms with Crippen molar-refractivity contribution in [2.75, 3.05) is 0 Å². The van der Waals surface area contributed by atoms with Crippen molar-refractivity contribution >= 4 is 0 Å². The molecule has 1 aromatic heterocycles. The fraction of sp³-hybridized carbons (Fsp3) is 0.227. The molecule has 0 spiro atoms. The van der Waals surface area contributed by atoms with Crippen LogP contribution in [-0.2, 0) is 12.5 Å². The van der Waals surface area contributed by atoms with E-state index in [-0.39, 0.29) is 5.41 Å². The lowest BCUT2D eigenvalue weighted by atomic mass is 9.74. The van der Waals surface area contributed by atoms with E-state index in [1.54, 1.807) is 0 Å². The molecule has 112 valence electrons. The molecule has 0 bridgehead atoms. The van der Waals surface area contributed by atoms with Gasteiger partial charge in [0.1, 0.15) is 7.05 Å². The summed E-state index contributed by atoms with van der Waals surface area (Å²) in [6.07, 6.45) is 3.28. The Kier molecular flexibility index (Phi) is 2.33. The number of aryl methyl sites for hydroxylation is 2. The van der Waals surface area contributed by atoms with Gasteiger partial charge in [-0.25, -0.2) is 4.57 Å². The van der Waals surface area contributed by atoms with Gasteiger partial charge in [0.05, 0.1) is 11.0 Å². The Labute approximate surface area is 137 Å². The quantitative estimate of drug-likeness (QED) is 0.581. The van der Waals surface area contributed by atoms with E-state index in [2.05, 4.69) is 80.2 Å². The zero-order valence-electron chi connectivity index (χ0n) is 13.9. The highest BCUT2D eigenvalue weighted by Gasteiger charge is 2.53. The maximum atomic E-state index is 2.34. The molecule has 5 rings (SSSR count). The molecule has 2 aliphatic carbocycles. The lowest BCUT2D eigenvalue weighted by Gasteiger charge is -2.27. The molecule has 3 aromatic rings. The number of aromatic nitrogens is 1. The normalized spacial score (nSPS) is 19.4. The number of hydrogen-bond donors (Lipinski definition) is 0. The predicted molar refractivity (Wildman–Crippen MR) is 93.4 cm³/mol. The summed E-state index contributed by atoms with van der Waals surface area (Å²) in [6.45, 7) is 4.58. The zero-order valence-corrected chi connectivity index (χ0v) is 13.9. The number of rotatable bonds is 1. The summed E-state index contributed by atoms with van der Waals surface area (Å²) in [4.78, 5) is 0. The van der Waals surface area contributed by atoms with E-state index >= 15 is 0 Å². The maximum Gasteiger partial charge on any atom is 0.217 e. The first-order valence-corrected chi connectivity index (χ1v) is 8.43. The lowest BCUT2D eigenvalue weighted by Crippen LogP contribution is -2.32. The van der Waals surface area contributed by atoms with Gasteiger partial charge in [0, 0.05) is 11.6 Å². The van der Waals surface area contributed by atoms with Crippen LogP contribution >= 0.6 is 0 Å². The molecule has 2 aromatic carbocycles. The molecule has 2 aliphatic rings. The van der Waals surface area contributed by atoms with E-state index < -0.39 is 0 Å². The van der Waals surface area contributed by atoms with Crippen LogP contribution in [0.15, 0.2) is 54.7 Å². The van der Waals surface area contributed by atoms with Gasteiger partial charge in [-0.1, -0.05) is 43.3 Å². The van der Waals surface area contributed by atoms with Crippen LogP contribution in [0.5, 0.6) is 0 Å². The molecule has 0 aliphatic heterocycles. The number of pyridine rings is 1. The van der Waals surface area contributed by atoms with Gasteiger partial charge < -0.3 is 0 Å². The van der Waals surface area contributed by atoms with Crippen molar-refractivity contribution in [3.63, 3.8) is 0 Å². The molecule has 0 radical (unpaired) electrons. The number of hydrogen-bond acceptors (Lipinski definition) is 0. The van der Waals surface area contributed by atoms with Crippen molar-refractivity contribution in [2.24, 2.45) is 7.05 Å². The van der Waals surface area contributed by atoms with Crippen LogP contribution in [0.3, 0.4) is 0 Å². The van der Waals surface area contributed by atoms with Gasteiger partial charge in [-0.3, -0.25) is 0 Å². The maximum absolute atomic E-state index is 2.34. The number of nitrogens with zero attached hydrogens (tertiary/aromatic N) is 1. The van der Waals surface area contributed by atoms with Crippen molar-refractivity contribution < 1.29 is 4.57 Å². The van der Waals surface area contributed by atoms with Crippen LogP contribution in [0.1, 0.15) is 35.6 Å². The Bertz CT molecular complexity index is 983. The first-order valence-electron chi connectivity index (χ1n) is 8.43. The Morgan fingerprint density at radius 1 is 0.913 bits per heavy atom. The minimum absolute atomic E-state index is 0.0294. The Balaban J connectivity index is 2.07. The van der Waals surface area contributed by atoms with E-state index in [1.165, 1.54) is 44.6 Å². The molecule has 1 heterocycles. The van der Waals surface area contributed by atoms with E-state index in [0.717, 1.165) is 6.42 Å². The zero-order chi connectivity index (χ0) is 15.8. The first-order chi connectivity index (χ1) is 11.2. The first kappa shape index (κ1) is 13.1. The highest BCUT2D eigenvalue weighted by atomic mass is 14.9. The predicted octanol–water partition coefficient (Wildman–Crippen LogP) is 4.52. The number of benzene rings is 2. The third-order valence-corrected chi connectivity index (χ3v) is 5.92. The molecule has 0 saturated carbocycles. The van der Waals surface area contributed by atoms with Crippen molar-refractivity contribution in [3.05, 3.63) is 77.0 Å². The second-order valence-electron chi connectivity index (χ2n) is 6.87. The molecule has 1 atom stereocenters. The van der Waals surface area contributed by atoms with Gasteiger partial charge in [-0.2, -0.15) is 0 Å². The lowest BCUT2D eigenvalue weighted by molar-refractivity contribution is -0.660. The van der Waals surface area contributed by atoms with Crippen molar-refractivity contribution in [1.29, 1.82) is 0 Å². The van der Waals surface area contributed by atoms with Crippen LogP contribution in [-0.4, -0.2) is 0 Å². The minimum atomic E-state index is 0.0294. The molecule has 1 nitrogen and oxygen atoms in total. The third kappa shape index (κ3) is 1.29. The molecule has 1 heteroatoms. The van der Waals surface area contributed by atoms with Crippen LogP contribution < -0.4 is 4.57 Å². The molecular weight excluding hydrogens is 278 g/mol. The molecule has 0 amide bonds. The monoisotopic (exact) mass is 298 g/mol. The van der Waals surface area contributed by atoms with Gasteiger partial charge in [-0.15, -0.1) is 0 Å². The van der Waals surface area contributed by atoms with Gasteiger partial charge in [0.2, 0.25) is 5.69 Å². The van der Waals surface area contributed by atoms with Crippen LogP contribution in [0, 0.1) is 6.92 Å². The molecular formula is C22H20N+. The molecule has 0 N–H and O–H groups in total. The second-order valence-corrected chi connectivity index (χ2v) is 6.87. The second kappa shape index (κ2) is 4.11. The summed E-state index contributed by atoms with van der Waals surface area (Å²) < 4.78 is 2.30. The van der Waals surface area contributed by atoms with Crippen molar-refractivity contribution in [1.82, 2.24) is 0 Å². The smallest absolute Gasteiger partial charge is 0.201 e. The average molecular weight is 298 g/mol. The third-order valence-electron chi connectivity index (χ3n) is 5.92. The summed E-state index contributed by atoms with van der Waals surface area (Å²) >= 11 is 0. The average Bonchev–Trinajstić information content (AvgIpc) is 3.04. The minimum Gasteiger partial charge on any atom is -0.201 e. The molecule has 1 unspecified atom stereocenters. The topological polar surface area (TPSA) is 3.88 Å². The Hall–Kier alpha value is -2.41. The van der Waals surface area contributed by atoms with Gasteiger partial charge in [0.25, 0.3) is 0 Å². The summed E-state index contributed by atoms with van der Waals surface area (Å²) in [6, 6.07) is 18.1. The van der Waals surface area contributed by atoms with Crippen LogP contribution in [0.25, 0.3) is 22.4 Å². The van der Waals surface area contributed by atoms with E-state index in [0.29, 0.717) is 0 Å². The van der Waals surface area contributed by atoms with E-state index in [1.807, 2.05) is 0 Å². The standard InChI is InChI=1S/C22H20N/c1-4-22-17-9-6-5-8-15(17)16-12-11-14(2)19(20(16)22)21-18(22)10-7-13-23(21)3/h5-13H,4H2,1-3H3/q+1. The van der Waals surface area contributed by atoms with E-state index in [9.17, 15) is 0 Å². The van der Waals surface area contributed by atoms with Crippen molar-refractivity contribution in [3.8, 4) is 22.4 Å². The Morgan fingerprint density at radius 2 is 1.70 bits per heavy atom. The molecule has 23 heavy (non-hydrogen) atoms. The summed E-state index contributed by atoms with van der Waals surface area (Å²) in [5.41, 5.74) is 11.6. The summed E-state index contributed by atoms with van der Waals surface area (Å²) in [7, 11) is 2.17. The van der Waals surface area contributed by atoms with Gasteiger partial charge in [-0.05, 0) is 47.2 Å². The van der Waals surface area contributed by atoms with Crippen molar-refractivity contribution in [2.45, 2.75) is 25.7 Å². The largest absolute Gasteiger partial charge is 0.217 e. The summed E-state index contributed by atoms with van der Waals surface area (Å²) in [5, 5.41) is 0. The SMILES string of the molecule is CCC12c3ccccc3-c3ccc(C)c(c31)-c1c2ccc[n+]1C. The highest BCUT2D eigenvalue weighted by Crippen LogP contribution is 2.62. The highest BCUT2D eigenvalue weighted by molar-refractivity contribution is 5.95. The van der Waals surface area contributed by atoms with Gasteiger partial charge >= 0.3 is 0 Å². The van der Waals surface area contributed by atoms with Gasteiger partial charge in [0.15, 0.2) is 6.20 Å². The Morgan fingerprint density at radius 3 is 2.52 bits per heavy atom. The fourth-order valence-corrected chi connectivity index (χ4v) is 5.01. The molecule has 0 fully saturated rings. The summed E-state index contributed by atoms with van der Waals surface area (Å²) in [5.74, 6) is 0. The number of fused-ring (bicyclic) bond motifs is 6.